The van der Waals surface area contributed by atoms with Crippen LogP contribution in [0.3, 0.4) is 0 Å². The number of carbonyl (C=O) groups is 1. The number of hydrogen-bond acceptors (Lipinski definition) is 7. The van der Waals surface area contributed by atoms with E-state index in [1.165, 1.54) is 10.7 Å². The Kier molecular flexibility index (Phi) is 2.52. The van der Waals surface area contributed by atoms with Crippen LogP contribution in [-0.2, 0) is 9.53 Å². The minimum atomic E-state index is -0.945. The van der Waals surface area contributed by atoms with Crippen molar-refractivity contribution in [1.29, 1.82) is 0 Å². The van der Waals surface area contributed by atoms with Crippen LogP contribution in [0.4, 0.5) is 5.82 Å². The van der Waals surface area contributed by atoms with E-state index in [-0.39, 0.29) is 6.61 Å². The molecule has 9 heteroatoms. The molecule has 0 bridgehead atoms. The van der Waals surface area contributed by atoms with Crippen molar-refractivity contribution in [3.63, 3.8) is 0 Å². The molecule has 1 atom stereocenters. The normalized spacial score (nSPS) is 20.2. The highest BCUT2D eigenvalue weighted by Gasteiger charge is 2.31. The highest BCUT2D eigenvalue weighted by molar-refractivity contribution is 5.78. The summed E-state index contributed by atoms with van der Waals surface area (Å²) in [6.07, 6.45) is 3.06. The quantitative estimate of drug-likeness (QED) is 0.709. The Morgan fingerprint density at radius 3 is 3.22 bits per heavy atom. The number of hydrogen-bond donors (Lipinski definition) is 1. The lowest BCUT2D eigenvalue weighted by Gasteiger charge is -2.33. The molecular formula is C9H10N6O3. The third-order valence-electron chi connectivity index (χ3n) is 2.80. The molecule has 0 amide bonds. The number of aromatic nitrogens is 5. The fourth-order valence-electron chi connectivity index (χ4n) is 1.94. The maximum atomic E-state index is 11.2. The summed E-state index contributed by atoms with van der Waals surface area (Å²) in [6, 6.07) is -0.754. The van der Waals surface area contributed by atoms with Crippen LogP contribution in [0.5, 0.6) is 0 Å². The van der Waals surface area contributed by atoms with E-state index < -0.39 is 12.0 Å². The van der Waals surface area contributed by atoms with Crippen molar-refractivity contribution in [1.82, 2.24) is 25.0 Å². The molecule has 1 aliphatic heterocycles. The highest BCUT2D eigenvalue weighted by Crippen LogP contribution is 2.18. The number of tetrazole rings is 1. The number of morpholine rings is 1. The first-order valence-electron chi connectivity index (χ1n) is 5.36. The number of carboxylic acid groups (broad SMARTS) is 1. The molecule has 2 aromatic heterocycles. The monoisotopic (exact) mass is 250 g/mol. The standard InChI is InChI=1S/C9H10N6O3/c16-9(17)6-5-18-2-1-14(6)8-4-10-3-7-11-12-13-15(7)8/h3-4,6H,1-2,5H2,(H,16,17). The maximum absolute atomic E-state index is 11.2. The van der Waals surface area contributed by atoms with Crippen LogP contribution in [0.2, 0.25) is 0 Å². The van der Waals surface area contributed by atoms with Gasteiger partial charge in [-0.2, -0.15) is 4.52 Å². The molecule has 0 saturated carbocycles. The summed E-state index contributed by atoms with van der Waals surface area (Å²) in [4.78, 5) is 16.9. The number of carboxylic acids is 1. The van der Waals surface area contributed by atoms with Crippen LogP contribution < -0.4 is 4.90 Å². The Bertz CT molecular complexity index is 584. The molecule has 1 aliphatic rings. The van der Waals surface area contributed by atoms with Gasteiger partial charge in [0.05, 0.1) is 25.6 Å². The van der Waals surface area contributed by atoms with Crippen molar-refractivity contribution in [3.05, 3.63) is 12.4 Å². The molecule has 1 fully saturated rings. The van der Waals surface area contributed by atoms with Gasteiger partial charge in [0.25, 0.3) is 0 Å². The minimum absolute atomic E-state index is 0.133. The van der Waals surface area contributed by atoms with Crippen molar-refractivity contribution < 1.29 is 14.6 Å². The van der Waals surface area contributed by atoms with Crippen molar-refractivity contribution >= 4 is 17.4 Å². The molecule has 0 aliphatic carbocycles. The first-order chi connectivity index (χ1) is 8.77. The number of fused-ring (bicyclic) bond motifs is 1. The van der Waals surface area contributed by atoms with E-state index in [4.69, 9.17) is 4.74 Å². The second-order valence-corrected chi connectivity index (χ2v) is 3.84. The molecule has 1 N–H and O–H groups in total. The topological polar surface area (TPSA) is 106 Å². The lowest BCUT2D eigenvalue weighted by atomic mass is 10.2. The zero-order valence-electron chi connectivity index (χ0n) is 9.30. The second kappa shape index (κ2) is 4.18. The molecular weight excluding hydrogens is 240 g/mol. The average Bonchev–Trinajstić information content (AvgIpc) is 2.86. The highest BCUT2D eigenvalue weighted by atomic mass is 16.5. The van der Waals surface area contributed by atoms with Gasteiger partial charge in [-0.05, 0) is 10.4 Å². The first-order valence-corrected chi connectivity index (χ1v) is 5.36. The molecule has 1 unspecified atom stereocenters. The number of aliphatic carboxylic acids is 1. The van der Waals surface area contributed by atoms with Crippen LogP contribution >= 0.6 is 0 Å². The molecule has 2 aromatic rings. The summed E-state index contributed by atoms with van der Waals surface area (Å²) in [6.45, 7) is 1.05. The third kappa shape index (κ3) is 1.64. The Hall–Kier alpha value is -2.29. The SMILES string of the molecule is O=C(O)C1COCCN1c1cncc2nnnn12. The average molecular weight is 250 g/mol. The molecule has 0 aromatic carbocycles. The Morgan fingerprint density at radius 1 is 1.50 bits per heavy atom. The zero-order valence-corrected chi connectivity index (χ0v) is 9.30. The van der Waals surface area contributed by atoms with Gasteiger partial charge in [0.15, 0.2) is 17.5 Å². The predicted molar refractivity (Wildman–Crippen MR) is 58.2 cm³/mol. The van der Waals surface area contributed by atoms with Crippen LogP contribution in [0, 0.1) is 0 Å². The van der Waals surface area contributed by atoms with Crippen molar-refractivity contribution in [3.8, 4) is 0 Å². The molecule has 3 heterocycles. The van der Waals surface area contributed by atoms with Gasteiger partial charge in [-0.25, -0.2) is 4.79 Å². The zero-order chi connectivity index (χ0) is 12.5. The minimum Gasteiger partial charge on any atom is -0.480 e. The third-order valence-corrected chi connectivity index (χ3v) is 2.80. The number of ether oxygens (including phenoxy) is 1. The van der Waals surface area contributed by atoms with Crippen LogP contribution in [0.15, 0.2) is 12.4 Å². The number of nitrogens with zero attached hydrogens (tertiary/aromatic N) is 6. The molecule has 1 saturated heterocycles. The molecule has 94 valence electrons. The Balaban J connectivity index is 2.06. The van der Waals surface area contributed by atoms with Crippen LogP contribution in [-0.4, -0.2) is 61.9 Å². The Labute approximate surface area is 101 Å². The lowest BCUT2D eigenvalue weighted by molar-refractivity contribution is -0.141. The number of anilines is 1. The summed E-state index contributed by atoms with van der Waals surface area (Å²) in [5, 5.41) is 20.3. The van der Waals surface area contributed by atoms with Crippen molar-refractivity contribution in [2.45, 2.75) is 6.04 Å². The first kappa shape index (κ1) is 10.8. The van der Waals surface area contributed by atoms with E-state index in [9.17, 15) is 9.90 Å². The van der Waals surface area contributed by atoms with E-state index in [0.29, 0.717) is 24.6 Å². The van der Waals surface area contributed by atoms with Gasteiger partial charge in [0, 0.05) is 6.54 Å². The summed E-state index contributed by atoms with van der Waals surface area (Å²) in [5.41, 5.74) is 0.475. The fourth-order valence-corrected chi connectivity index (χ4v) is 1.94. The molecule has 18 heavy (non-hydrogen) atoms. The van der Waals surface area contributed by atoms with Gasteiger partial charge >= 0.3 is 5.97 Å². The number of rotatable bonds is 2. The van der Waals surface area contributed by atoms with Gasteiger partial charge in [0.2, 0.25) is 0 Å². The maximum Gasteiger partial charge on any atom is 0.328 e. The van der Waals surface area contributed by atoms with Gasteiger partial charge < -0.3 is 14.7 Å². The van der Waals surface area contributed by atoms with E-state index >= 15 is 0 Å². The molecule has 0 radical (unpaired) electrons. The fraction of sp³-hybridized carbons (Fsp3) is 0.444. The summed E-state index contributed by atoms with van der Waals surface area (Å²) >= 11 is 0. The van der Waals surface area contributed by atoms with Crippen molar-refractivity contribution in [2.24, 2.45) is 0 Å². The van der Waals surface area contributed by atoms with Crippen LogP contribution in [0.1, 0.15) is 0 Å². The molecule has 9 nitrogen and oxygen atoms in total. The van der Waals surface area contributed by atoms with E-state index in [0.717, 1.165) is 0 Å². The van der Waals surface area contributed by atoms with Gasteiger partial charge in [-0.1, -0.05) is 0 Å². The molecule has 0 spiro atoms. The van der Waals surface area contributed by atoms with Gasteiger partial charge in [-0.15, -0.1) is 5.10 Å². The summed E-state index contributed by atoms with van der Waals surface area (Å²) in [7, 11) is 0. The van der Waals surface area contributed by atoms with Gasteiger partial charge in [0.1, 0.15) is 0 Å². The molecule has 3 rings (SSSR count). The largest absolute Gasteiger partial charge is 0.480 e. The van der Waals surface area contributed by atoms with Crippen molar-refractivity contribution in [2.75, 3.05) is 24.7 Å². The smallest absolute Gasteiger partial charge is 0.328 e. The predicted octanol–water partition coefficient (Wildman–Crippen LogP) is -1.19. The van der Waals surface area contributed by atoms with Gasteiger partial charge in [-0.3, -0.25) is 4.98 Å². The summed E-state index contributed by atoms with van der Waals surface area (Å²) in [5.74, 6) is -0.395. The van der Waals surface area contributed by atoms with E-state index in [1.807, 2.05) is 0 Å². The Morgan fingerprint density at radius 2 is 2.39 bits per heavy atom. The lowest BCUT2D eigenvalue weighted by Crippen LogP contribution is -2.50. The van der Waals surface area contributed by atoms with E-state index in [1.54, 1.807) is 11.1 Å². The second-order valence-electron chi connectivity index (χ2n) is 3.84. The van der Waals surface area contributed by atoms with E-state index in [2.05, 4.69) is 20.5 Å². The summed E-state index contributed by atoms with van der Waals surface area (Å²) < 4.78 is 6.65. The van der Waals surface area contributed by atoms with Crippen LogP contribution in [0.25, 0.3) is 5.65 Å².